The Bertz CT molecular complexity index is 3220. The minimum atomic E-state index is 0.702. The van der Waals surface area contributed by atoms with Crippen LogP contribution in [0.15, 0.2) is 140 Å². The van der Waals surface area contributed by atoms with Gasteiger partial charge >= 0.3 is 0 Å². The van der Waals surface area contributed by atoms with E-state index in [0.717, 1.165) is 37.9 Å². The lowest BCUT2D eigenvalue weighted by Gasteiger charge is -2.12. The van der Waals surface area contributed by atoms with Crippen LogP contribution in [0, 0.1) is 0 Å². The number of benzene rings is 7. The van der Waals surface area contributed by atoms with Gasteiger partial charge in [-0.3, -0.25) is 4.57 Å². The Kier molecular flexibility index (Phi) is 5.00. The fourth-order valence-corrected chi connectivity index (χ4v) is 10.6. The quantitative estimate of drug-likeness (QED) is 0.189. The van der Waals surface area contributed by atoms with Gasteiger partial charge in [0.2, 0.25) is 5.95 Å². The number of aromatic nitrogens is 3. The minimum Gasteiger partial charge on any atom is -0.278 e. The molecule has 7 aromatic carbocycles. The van der Waals surface area contributed by atoms with Gasteiger partial charge in [0.15, 0.2) is 0 Å². The largest absolute Gasteiger partial charge is 0.278 e. The molecule has 12 rings (SSSR count). The molecular formula is C44H23N3S2. The van der Waals surface area contributed by atoms with E-state index >= 15 is 0 Å². The molecule has 226 valence electrons. The molecule has 1 aliphatic rings. The Morgan fingerprint density at radius 1 is 0.449 bits per heavy atom. The van der Waals surface area contributed by atoms with Gasteiger partial charge in [-0.2, -0.15) is 0 Å². The highest BCUT2D eigenvalue weighted by Crippen LogP contribution is 2.52. The van der Waals surface area contributed by atoms with Gasteiger partial charge in [-0.25, -0.2) is 9.97 Å². The van der Waals surface area contributed by atoms with Crippen LogP contribution in [0.1, 0.15) is 0 Å². The number of fused-ring (bicyclic) bond motifs is 4. The number of nitrogens with zero attached hydrogens (tertiary/aromatic N) is 3. The zero-order chi connectivity index (χ0) is 31.8. The van der Waals surface area contributed by atoms with E-state index < -0.39 is 0 Å². The first kappa shape index (κ1) is 26.1. The fraction of sp³-hybridized carbons (Fsp3) is 0. The van der Waals surface area contributed by atoms with Crippen LogP contribution in [-0.2, 0) is 0 Å². The Morgan fingerprint density at radius 2 is 1.14 bits per heavy atom. The first-order chi connectivity index (χ1) is 24.3. The highest BCUT2D eigenvalue weighted by Gasteiger charge is 2.27. The molecule has 0 spiro atoms. The van der Waals surface area contributed by atoms with Gasteiger partial charge in [-0.15, -0.1) is 22.7 Å². The molecule has 0 aliphatic heterocycles. The van der Waals surface area contributed by atoms with Crippen molar-refractivity contribution < 1.29 is 0 Å². The molecule has 0 radical (unpaired) electrons. The lowest BCUT2D eigenvalue weighted by Crippen LogP contribution is -2.03. The maximum Gasteiger partial charge on any atom is 0.235 e. The summed E-state index contributed by atoms with van der Waals surface area (Å²) in [7, 11) is 0. The van der Waals surface area contributed by atoms with Crippen molar-refractivity contribution >= 4 is 95.7 Å². The monoisotopic (exact) mass is 657 g/mol. The first-order valence-electron chi connectivity index (χ1n) is 16.5. The van der Waals surface area contributed by atoms with Gasteiger partial charge in [0.05, 0.1) is 26.9 Å². The predicted octanol–water partition coefficient (Wildman–Crippen LogP) is 12.8. The molecular weight excluding hydrogens is 635 g/mol. The molecule has 4 aromatic heterocycles. The normalized spacial score (nSPS) is 12.5. The zero-order valence-electron chi connectivity index (χ0n) is 25.9. The molecule has 0 N–H and O–H groups in total. The highest BCUT2D eigenvalue weighted by molar-refractivity contribution is 7.26. The Balaban J connectivity index is 1.25. The second-order valence-electron chi connectivity index (χ2n) is 12.9. The van der Waals surface area contributed by atoms with Gasteiger partial charge in [-0.1, -0.05) is 103 Å². The Morgan fingerprint density at radius 3 is 2.06 bits per heavy atom. The topological polar surface area (TPSA) is 30.7 Å². The Labute approximate surface area is 288 Å². The van der Waals surface area contributed by atoms with Crippen LogP contribution >= 0.6 is 22.7 Å². The first-order valence-corrected chi connectivity index (χ1v) is 18.1. The van der Waals surface area contributed by atoms with Crippen LogP contribution in [0.2, 0.25) is 0 Å². The summed E-state index contributed by atoms with van der Waals surface area (Å²) in [5, 5.41) is 9.02. The maximum absolute atomic E-state index is 5.53. The molecule has 49 heavy (non-hydrogen) atoms. The van der Waals surface area contributed by atoms with Crippen LogP contribution in [0.5, 0.6) is 0 Å². The van der Waals surface area contributed by atoms with Gasteiger partial charge in [-0.05, 0) is 69.4 Å². The van der Waals surface area contributed by atoms with Crippen LogP contribution in [-0.4, -0.2) is 14.5 Å². The van der Waals surface area contributed by atoms with Crippen molar-refractivity contribution in [3.63, 3.8) is 0 Å². The van der Waals surface area contributed by atoms with E-state index in [1.165, 1.54) is 68.7 Å². The molecule has 0 amide bonds. The third kappa shape index (κ3) is 3.40. The van der Waals surface area contributed by atoms with Crippen molar-refractivity contribution in [2.75, 3.05) is 0 Å². The number of thiophene rings is 2. The van der Waals surface area contributed by atoms with E-state index in [0.29, 0.717) is 5.95 Å². The van der Waals surface area contributed by atoms with Gasteiger partial charge in [0.1, 0.15) is 0 Å². The summed E-state index contributed by atoms with van der Waals surface area (Å²) in [6, 6.07) is 50.7. The molecule has 5 heteroatoms. The summed E-state index contributed by atoms with van der Waals surface area (Å²) in [5.41, 5.74) is 10.3. The second-order valence-corrected chi connectivity index (χ2v) is 15.0. The van der Waals surface area contributed by atoms with Crippen molar-refractivity contribution in [1.29, 1.82) is 0 Å². The van der Waals surface area contributed by atoms with Crippen LogP contribution in [0.4, 0.5) is 0 Å². The van der Waals surface area contributed by atoms with Gasteiger partial charge in [0, 0.05) is 46.6 Å². The van der Waals surface area contributed by atoms with Crippen LogP contribution in [0.3, 0.4) is 0 Å². The molecule has 0 atom stereocenters. The van der Waals surface area contributed by atoms with E-state index in [2.05, 4.69) is 144 Å². The maximum atomic E-state index is 5.53. The summed E-state index contributed by atoms with van der Waals surface area (Å²) >= 11 is 3.67. The van der Waals surface area contributed by atoms with Gasteiger partial charge < -0.3 is 0 Å². The number of hydrogen-bond acceptors (Lipinski definition) is 4. The molecule has 4 heterocycles. The predicted molar refractivity (Wildman–Crippen MR) is 210 cm³/mol. The molecule has 0 bridgehead atoms. The summed E-state index contributed by atoms with van der Waals surface area (Å²) in [5.74, 6) is 0.702. The van der Waals surface area contributed by atoms with Crippen LogP contribution < -0.4 is 0 Å². The molecule has 11 aromatic rings. The smallest absolute Gasteiger partial charge is 0.235 e. The van der Waals surface area contributed by atoms with Crippen molar-refractivity contribution in [3.05, 3.63) is 140 Å². The summed E-state index contributed by atoms with van der Waals surface area (Å²) in [6.45, 7) is 0. The summed E-state index contributed by atoms with van der Waals surface area (Å²) in [6.07, 6.45) is 0. The average molecular weight is 658 g/mol. The summed E-state index contributed by atoms with van der Waals surface area (Å²) in [4.78, 5) is 11.0. The van der Waals surface area contributed by atoms with Crippen molar-refractivity contribution in [3.8, 4) is 39.5 Å². The fourth-order valence-electron chi connectivity index (χ4n) is 8.29. The van der Waals surface area contributed by atoms with Gasteiger partial charge in [0.25, 0.3) is 0 Å². The zero-order valence-corrected chi connectivity index (χ0v) is 27.6. The van der Waals surface area contributed by atoms with E-state index in [1.54, 1.807) is 11.3 Å². The lowest BCUT2D eigenvalue weighted by molar-refractivity contribution is 1.02. The number of hydrogen-bond donors (Lipinski definition) is 0. The van der Waals surface area contributed by atoms with Crippen molar-refractivity contribution in [2.45, 2.75) is 0 Å². The third-order valence-corrected chi connectivity index (χ3v) is 12.6. The van der Waals surface area contributed by atoms with Crippen molar-refractivity contribution in [1.82, 2.24) is 14.5 Å². The molecule has 0 unspecified atom stereocenters. The van der Waals surface area contributed by atoms with Crippen molar-refractivity contribution in [2.24, 2.45) is 0 Å². The second kappa shape index (κ2) is 9.38. The Hall–Kier alpha value is -5.88. The van der Waals surface area contributed by atoms with Crippen LogP contribution in [0.25, 0.3) is 113 Å². The average Bonchev–Trinajstić information content (AvgIpc) is 3.81. The molecule has 3 nitrogen and oxygen atoms in total. The molecule has 0 saturated heterocycles. The third-order valence-electron chi connectivity index (χ3n) is 10.3. The molecule has 0 fully saturated rings. The highest BCUT2D eigenvalue weighted by atomic mass is 32.1. The molecule has 1 aliphatic carbocycles. The van der Waals surface area contributed by atoms with E-state index in [4.69, 9.17) is 9.97 Å². The van der Waals surface area contributed by atoms with E-state index in [1.807, 2.05) is 11.3 Å². The SMILES string of the molecule is c1ccc(-c2cccc(-c3nc(-n4c5ccc6cccc7c6c5c5c6c(ccc54)sc4cccc-7c46)nc4c3sc3ccccc34)c2)cc1. The minimum absolute atomic E-state index is 0.702. The van der Waals surface area contributed by atoms with E-state index in [-0.39, 0.29) is 0 Å². The van der Waals surface area contributed by atoms with E-state index in [9.17, 15) is 0 Å². The standard InChI is InChI=1S/C44H23N3S2/c1-2-9-24(10-3-1)26-12-6-13-27(23-26)41-43-42(30-14-4-5-17-33(30)49-43)46-44(45-41)47-31-20-19-25-11-7-15-28-29-16-8-18-34-37(29)40-35(48-34)22-21-32(47)39(40)38(31)36(25)28/h1-23H. The molecule has 0 saturated carbocycles. The summed E-state index contributed by atoms with van der Waals surface area (Å²) < 4.78 is 7.30. The number of rotatable bonds is 3. The lowest BCUT2D eigenvalue weighted by atomic mass is 9.95.